The molecule has 0 aliphatic heterocycles. The van der Waals surface area contributed by atoms with E-state index in [1.807, 2.05) is 42.5 Å². The molecule has 1 unspecified atom stereocenters. The van der Waals surface area contributed by atoms with Crippen molar-refractivity contribution in [1.29, 1.82) is 0 Å². The van der Waals surface area contributed by atoms with Crippen molar-refractivity contribution in [2.24, 2.45) is 11.8 Å². The number of carboxylic acids is 1. The lowest BCUT2D eigenvalue weighted by atomic mass is 9.70. The van der Waals surface area contributed by atoms with Gasteiger partial charge in [0.2, 0.25) is 0 Å². The van der Waals surface area contributed by atoms with Gasteiger partial charge in [0.1, 0.15) is 5.78 Å². The highest BCUT2D eigenvalue weighted by atomic mass is 16.4. The number of carbonyl (C=O) groups is 2. The number of Topliss-reactive ketones (excluding diaryl/α,β-unsaturated/α-hetero) is 1. The van der Waals surface area contributed by atoms with Crippen molar-refractivity contribution >= 4 is 11.8 Å². The molecule has 0 heterocycles. The first-order chi connectivity index (χ1) is 17.0. The van der Waals surface area contributed by atoms with Gasteiger partial charge in [-0.05, 0) is 91.3 Å². The molecule has 1 aliphatic carbocycles. The second-order valence-electron chi connectivity index (χ2n) is 9.68. The number of aromatic carboxylic acids is 1. The zero-order valence-corrected chi connectivity index (χ0v) is 20.0. The predicted molar refractivity (Wildman–Crippen MR) is 139 cm³/mol. The average Bonchev–Trinajstić information content (AvgIpc) is 2.90. The van der Waals surface area contributed by atoms with E-state index in [1.54, 1.807) is 12.1 Å². The first-order valence-corrected chi connectivity index (χ1v) is 12.5. The fraction of sp³-hybridized carbons (Fsp3) is 0.312. The molecule has 4 rings (SSSR count). The summed E-state index contributed by atoms with van der Waals surface area (Å²) in [4.78, 5) is 24.9. The van der Waals surface area contributed by atoms with E-state index >= 15 is 0 Å². The van der Waals surface area contributed by atoms with E-state index < -0.39 is 5.97 Å². The fourth-order valence-corrected chi connectivity index (χ4v) is 5.42. The van der Waals surface area contributed by atoms with Gasteiger partial charge in [-0.3, -0.25) is 4.79 Å². The van der Waals surface area contributed by atoms with E-state index in [0.29, 0.717) is 12.3 Å². The molecule has 0 aromatic heterocycles. The van der Waals surface area contributed by atoms with Crippen molar-refractivity contribution < 1.29 is 14.7 Å². The van der Waals surface area contributed by atoms with Crippen LogP contribution in [0, 0.1) is 24.2 Å². The highest BCUT2D eigenvalue weighted by molar-refractivity contribution is 5.89. The normalized spacial score (nSPS) is 18.4. The topological polar surface area (TPSA) is 54.4 Å². The minimum absolute atomic E-state index is 0.183. The van der Waals surface area contributed by atoms with Crippen LogP contribution < -0.4 is 0 Å². The van der Waals surface area contributed by atoms with Crippen LogP contribution in [-0.2, 0) is 17.6 Å². The van der Waals surface area contributed by atoms with Crippen LogP contribution in [0.5, 0.6) is 0 Å². The van der Waals surface area contributed by atoms with Gasteiger partial charge >= 0.3 is 5.97 Å². The lowest BCUT2D eigenvalue weighted by Gasteiger charge is -2.34. The third-order valence-corrected chi connectivity index (χ3v) is 7.37. The van der Waals surface area contributed by atoms with Crippen molar-refractivity contribution in [2.45, 2.75) is 50.9 Å². The van der Waals surface area contributed by atoms with Crippen molar-refractivity contribution in [3.63, 3.8) is 0 Å². The molecular weight excluding hydrogens is 432 g/mol. The van der Waals surface area contributed by atoms with Gasteiger partial charge in [-0.2, -0.15) is 0 Å². The van der Waals surface area contributed by atoms with Crippen LogP contribution in [0.4, 0.5) is 0 Å². The molecule has 3 aromatic carbocycles. The van der Waals surface area contributed by atoms with Crippen LogP contribution in [0.1, 0.15) is 70.6 Å². The summed E-state index contributed by atoms with van der Waals surface area (Å²) in [7, 11) is 0. The monoisotopic (exact) mass is 464 g/mol. The van der Waals surface area contributed by atoms with Gasteiger partial charge in [0, 0.05) is 17.9 Å². The molecule has 0 spiro atoms. The molecular formula is C32H32O3. The van der Waals surface area contributed by atoms with Crippen LogP contribution in [0.2, 0.25) is 0 Å². The Morgan fingerprint density at radius 2 is 1.51 bits per heavy atom. The fourth-order valence-electron chi connectivity index (χ4n) is 5.42. The molecule has 1 saturated carbocycles. The Morgan fingerprint density at radius 1 is 0.857 bits per heavy atom. The van der Waals surface area contributed by atoms with Crippen molar-refractivity contribution in [3.05, 3.63) is 107 Å². The van der Waals surface area contributed by atoms with Gasteiger partial charge in [-0.25, -0.2) is 4.79 Å². The molecule has 1 atom stereocenters. The number of aryl methyl sites for hydroxylation is 1. The summed E-state index contributed by atoms with van der Waals surface area (Å²) in [5.74, 6) is 2.69. The molecule has 3 aromatic rings. The second kappa shape index (κ2) is 11.7. The number of hydrogen-bond acceptors (Lipinski definition) is 2. The van der Waals surface area contributed by atoms with Crippen LogP contribution >= 0.6 is 0 Å². The van der Waals surface area contributed by atoms with Crippen LogP contribution in [-0.4, -0.2) is 16.9 Å². The quantitative estimate of drug-likeness (QED) is 0.359. The summed E-state index contributed by atoms with van der Waals surface area (Å²) in [5, 5.41) is 9.29. The molecule has 3 nitrogen and oxygen atoms in total. The van der Waals surface area contributed by atoms with Crippen molar-refractivity contribution in [2.75, 3.05) is 0 Å². The molecule has 35 heavy (non-hydrogen) atoms. The van der Waals surface area contributed by atoms with E-state index in [9.17, 15) is 14.7 Å². The van der Waals surface area contributed by atoms with E-state index in [0.717, 1.165) is 49.7 Å². The SMILES string of the molecule is C#Cc1ccc(C[C@H]2CC[C@H](C(C(=O)CCc3ccccc3)c3ccc(C(=O)O)cc3)CC2)cc1. The van der Waals surface area contributed by atoms with Gasteiger partial charge in [0.15, 0.2) is 0 Å². The lowest BCUT2D eigenvalue weighted by Crippen LogP contribution is -2.27. The van der Waals surface area contributed by atoms with E-state index in [1.165, 1.54) is 11.1 Å². The summed E-state index contributed by atoms with van der Waals surface area (Å²) in [6.45, 7) is 0. The Bertz CT molecular complexity index is 1160. The maximum Gasteiger partial charge on any atom is 0.335 e. The number of benzene rings is 3. The van der Waals surface area contributed by atoms with Crippen LogP contribution in [0.25, 0.3) is 0 Å². The van der Waals surface area contributed by atoms with Crippen LogP contribution in [0.3, 0.4) is 0 Å². The summed E-state index contributed by atoms with van der Waals surface area (Å²) >= 11 is 0. The van der Waals surface area contributed by atoms with Gasteiger partial charge in [0.25, 0.3) is 0 Å². The summed E-state index contributed by atoms with van der Waals surface area (Å²) in [6, 6.07) is 25.3. The smallest absolute Gasteiger partial charge is 0.335 e. The predicted octanol–water partition coefficient (Wildman–Crippen LogP) is 6.70. The highest BCUT2D eigenvalue weighted by Crippen LogP contribution is 2.40. The number of hydrogen-bond donors (Lipinski definition) is 1. The van der Waals surface area contributed by atoms with E-state index in [2.05, 4.69) is 30.2 Å². The molecule has 1 N–H and O–H groups in total. The van der Waals surface area contributed by atoms with Gasteiger partial charge in [-0.1, -0.05) is 60.5 Å². The lowest BCUT2D eigenvalue weighted by molar-refractivity contribution is -0.122. The molecule has 0 saturated heterocycles. The molecule has 0 bridgehead atoms. The van der Waals surface area contributed by atoms with E-state index in [4.69, 9.17) is 6.42 Å². The molecule has 178 valence electrons. The Kier molecular flexibility index (Phi) is 8.16. The number of ketones is 1. The summed E-state index contributed by atoms with van der Waals surface area (Å²) in [5.41, 5.74) is 4.58. The maximum atomic E-state index is 13.5. The first kappa shape index (κ1) is 24.5. The summed E-state index contributed by atoms with van der Waals surface area (Å²) in [6.07, 6.45) is 11.9. The van der Waals surface area contributed by atoms with Gasteiger partial charge in [0.05, 0.1) is 5.56 Å². The number of terminal acetylenes is 1. The van der Waals surface area contributed by atoms with Gasteiger partial charge < -0.3 is 5.11 Å². The average molecular weight is 465 g/mol. The second-order valence-corrected chi connectivity index (χ2v) is 9.68. The Labute approximate surface area is 208 Å². The number of carboxylic acid groups (broad SMARTS) is 1. The largest absolute Gasteiger partial charge is 0.478 e. The minimum atomic E-state index is -0.945. The molecule has 0 amide bonds. The Hall–Kier alpha value is -3.64. The number of rotatable bonds is 9. The summed E-state index contributed by atoms with van der Waals surface area (Å²) < 4.78 is 0. The Morgan fingerprint density at radius 3 is 2.11 bits per heavy atom. The van der Waals surface area contributed by atoms with Crippen LogP contribution in [0.15, 0.2) is 78.9 Å². The highest BCUT2D eigenvalue weighted by Gasteiger charge is 2.33. The Balaban J connectivity index is 1.44. The zero-order chi connectivity index (χ0) is 24.6. The molecule has 3 heteroatoms. The zero-order valence-electron chi connectivity index (χ0n) is 20.0. The minimum Gasteiger partial charge on any atom is -0.478 e. The third kappa shape index (κ3) is 6.49. The van der Waals surface area contributed by atoms with Gasteiger partial charge in [-0.15, -0.1) is 6.42 Å². The maximum absolute atomic E-state index is 13.5. The number of carbonyl (C=O) groups excluding carboxylic acids is 1. The molecule has 1 aliphatic rings. The van der Waals surface area contributed by atoms with Crippen molar-refractivity contribution in [1.82, 2.24) is 0 Å². The van der Waals surface area contributed by atoms with Crippen molar-refractivity contribution in [3.8, 4) is 12.3 Å². The standard InChI is InChI=1S/C32H32O3/c1-2-23-8-10-25(11-9-23)22-26-12-15-27(16-13-26)31(28-17-19-29(20-18-28)32(34)35)30(33)21-14-24-6-4-3-5-7-24/h1,3-11,17-20,26-27,31H,12-16,21-22H2,(H,34,35)/t26-,27-,31?. The van der Waals surface area contributed by atoms with E-state index in [-0.39, 0.29) is 23.2 Å². The molecule has 1 fully saturated rings. The first-order valence-electron chi connectivity index (χ1n) is 12.5. The molecule has 0 radical (unpaired) electrons. The third-order valence-electron chi connectivity index (χ3n) is 7.37.